The van der Waals surface area contributed by atoms with Gasteiger partial charge in [-0.25, -0.2) is 4.39 Å². The fourth-order valence-corrected chi connectivity index (χ4v) is 5.48. The predicted octanol–water partition coefficient (Wildman–Crippen LogP) is 4.72. The number of nitrogens with zero attached hydrogens (tertiary/aromatic N) is 2. The fourth-order valence-electron chi connectivity index (χ4n) is 4.33. The Balaban J connectivity index is 0.000000948. The third kappa shape index (κ3) is 3.36. The molecule has 0 unspecified atom stereocenters. The van der Waals surface area contributed by atoms with Gasteiger partial charge < -0.3 is 14.9 Å². The lowest BCUT2D eigenvalue weighted by atomic mass is 9.92. The number of thioether (sulfide) groups is 1. The summed E-state index contributed by atoms with van der Waals surface area (Å²) < 4.78 is 15.0. The Hall–Kier alpha value is -1.20. The van der Waals surface area contributed by atoms with Gasteiger partial charge in [-0.15, -0.1) is 11.8 Å². The van der Waals surface area contributed by atoms with Crippen LogP contribution in [0.1, 0.15) is 51.2 Å². The number of fused-ring (bicyclic) bond motifs is 3. The van der Waals surface area contributed by atoms with Crippen LogP contribution in [0.4, 0.5) is 15.8 Å². The highest BCUT2D eigenvalue weighted by molar-refractivity contribution is 8.03. The summed E-state index contributed by atoms with van der Waals surface area (Å²) in [7, 11) is 0. The van der Waals surface area contributed by atoms with Crippen LogP contribution in [0.25, 0.3) is 0 Å². The Morgan fingerprint density at radius 3 is 2.54 bits per heavy atom. The molecule has 2 saturated heterocycles. The first-order valence-corrected chi connectivity index (χ1v) is 11.1. The normalized spacial score (nSPS) is 18.7. The van der Waals surface area contributed by atoms with Crippen LogP contribution in [0.5, 0.6) is 0 Å². The van der Waals surface area contributed by atoms with Crippen LogP contribution in [0, 0.1) is 5.82 Å². The summed E-state index contributed by atoms with van der Waals surface area (Å²) in [5.74, 6) is 0.965. The molecule has 4 rings (SSSR count). The van der Waals surface area contributed by atoms with E-state index in [4.69, 9.17) is 0 Å². The van der Waals surface area contributed by atoms with E-state index in [-0.39, 0.29) is 12.4 Å². The first kappa shape index (κ1) is 19.6. The maximum atomic E-state index is 15.0. The molecule has 0 saturated carbocycles. The van der Waals surface area contributed by atoms with Crippen molar-refractivity contribution in [2.45, 2.75) is 52.9 Å². The third-order valence-electron chi connectivity index (χ3n) is 5.29. The second-order valence-electron chi connectivity index (χ2n) is 6.88. The lowest BCUT2D eigenvalue weighted by Gasteiger charge is -2.34. The van der Waals surface area contributed by atoms with Crippen molar-refractivity contribution in [3.8, 4) is 0 Å². The van der Waals surface area contributed by atoms with Crippen molar-refractivity contribution in [1.29, 1.82) is 0 Å². The van der Waals surface area contributed by atoms with Gasteiger partial charge in [-0.05, 0) is 36.5 Å². The average Bonchev–Trinajstić information content (AvgIpc) is 3.34. The number of benzene rings is 1. The fraction of sp³-hybridized carbons (Fsp3) is 0.619. The highest BCUT2D eigenvalue weighted by atomic mass is 32.2. The molecule has 1 aromatic rings. The van der Waals surface area contributed by atoms with Crippen molar-refractivity contribution >= 4 is 23.1 Å². The van der Waals surface area contributed by atoms with Gasteiger partial charge in [-0.3, -0.25) is 0 Å². The Bertz CT molecular complexity index is 683. The van der Waals surface area contributed by atoms with Crippen molar-refractivity contribution in [3.63, 3.8) is 0 Å². The van der Waals surface area contributed by atoms with E-state index in [1.165, 1.54) is 16.3 Å². The molecular weight excluding hydrogens is 347 g/mol. The van der Waals surface area contributed by atoms with E-state index >= 15 is 4.39 Å². The van der Waals surface area contributed by atoms with Gasteiger partial charge >= 0.3 is 0 Å². The van der Waals surface area contributed by atoms with Crippen LogP contribution >= 0.6 is 11.8 Å². The number of anilines is 2. The Labute approximate surface area is 161 Å². The molecule has 1 N–H and O–H groups in total. The first-order chi connectivity index (χ1) is 12.7. The molecule has 0 atom stereocenters. The SMILES string of the molecule is CC.CCCc1c(N2CCCC2)c(F)cc2c1N1CCSC1=C(CO)C2. The predicted molar refractivity (Wildman–Crippen MR) is 111 cm³/mol. The molecule has 144 valence electrons. The summed E-state index contributed by atoms with van der Waals surface area (Å²) in [4.78, 5) is 4.59. The van der Waals surface area contributed by atoms with Gasteiger partial charge in [0, 0.05) is 37.4 Å². The summed E-state index contributed by atoms with van der Waals surface area (Å²) >= 11 is 1.83. The number of halogens is 1. The Morgan fingerprint density at radius 2 is 1.88 bits per heavy atom. The largest absolute Gasteiger partial charge is 0.392 e. The first-order valence-electron chi connectivity index (χ1n) is 10.1. The third-order valence-corrected chi connectivity index (χ3v) is 6.46. The number of hydrogen-bond donors (Lipinski definition) is 1. The van der Waals surface area contributed by atoms with Crippen LogP contribution in [0.3, 0.4) is 0 Å². The minimum absolute atomic E-state index is 0.0663. The van der Waals surface area contributed by atoms with Gasteiger partial charge in [-0.1, -0.05) is 27.2 Å². The molecule has 0 amide bonds. The molecule has 26 heavy (non-hydrogen) atoms. The quantitative estimate of drug-likeness (QED) is 0.820. The molecule has 3 heterocycles. The minimum Gasteiger partial charge on any atom is -0.392 e. The second-order valence-corrected chi connectivity index (χ2v) is 7.96. The van der Waals surface area contributed by atoms with E-state index in [0.717, 1.165) is 67.9 Å². The van der Waals surface area contributed by atoms with Gasteiger partial charge in [0.15, 0.2) is 0 Å². The molecule has 2 fully saturated rings. The number of hydrogen-bond acceptors (Lipinski definition) is 4. The molecule has 1 aromatic carbocycles. The molecule has 0 radical (unpaired) electrons. The average molecular weight is 379 g/mol. The van der Waals surface area contributed by atoms with Gasteiger partial charge in [0.05, 0.1) is 23.0 Å². The summed E-state index contributed by atoms with van der Waals surface area (Å²) in [6.45, 7) is 9.12. The zero-order valence-electron chi connectivity index (χ0n) is 16.3. The summed E-state index contributed by atoms with van der Waals surface area (Å²) in [6, 6.07) is 1.73. The van der Waals surface area contributed by atoms with E-state index in [9.17, 15) is 5.11 Å². The molecule has 0 bridgehead atoms. The smallest absolute Gasteiger partial charge is 0.147 e. The highest BCUT2D eigenvalue weighted by Crippen LogP contribution is 2.47. The van der Waals surface area contributed by atoms with Crippen molar-refractivity contribution in [2.75, 3.05) is 41.8 Å². The summed E-state index contributed by atoms with van der Waals surface area (Å²) in [6.07, 6.45) is 4.92. The van der Waals surface area contributed by atoms with Gasteiger partial charge in [-0.2, -0.15) is 0 Å². The van der Waals surface area contributed by atoms with Crippen molar-refractivity contribution in [2.24, 2.45) is 0 Å². The molecule has 0 spiro atoms. The molecule has 0 aromatic heterocycles. The topological polar surface area (TPSA) is 26.7 Å². The second kappa shape index (κ2) is 8.66. The molecule has 3 aliphatic rings. The molecular formula is C21H31FN2OS. The standard InChI is InChI=1S/C19H25FN2OS.C2H6/c1-2-5-15-17-13(10-14(12-23)19-22(17)8-9-24-19)11-16(20)18(15)21-6-3-4-7-21;1-2/h11,23H,2-10,12H2,1H3;1-2H3. The molecule has 3 nitrogen and oxygen atoms in total. The number of aliphatic hydroxyl groups is 1. The molecule has 5 heteroatoms. The van der Waals surface area contributed by atoms with Crippen LogP contribution in [-0.2, 0) is 12.8 Å². The minimum atomic E-state index is -0.0771. The van der Waals surface area contributed by atoms with Crippen LogP contribution in [-0.4, -0.2) is 37.1 Å². The van der Waals surface area contributed by atoms with E-state index in [2.05, 4.69) is 16.7 Å². The maximum absolute atomic E-state index is 15.0. The number of rotatable bonds is 4. The summed E-state index contributed by atoms with van der Waals surface area (Å²) in [5.41, 5.74) is 5.36. The van der Waals surface area contributed by atoms with Crippen molar-refractivity contribution in [3.05, 3.63) is 33.6 Å². The van der Waals surface area contributed by atoms with E-state index in [1.54, 1.807) is 6.07 Å². The van der Waals surface area contributed by atoms with Crippen LogP contribution in [0.15, 0.2) is 16.7 Å². The van der Waals surface area contributed by atoms with Gasteiger partial charge in [0.2, 0.25) is 0 Å². The van der Waals surface area contributed by atoms with E-state index in [0.29, 0.717) is 6.42 Å². The molecule has 0 aliphatic carbocycles. The van der Waals surface area contributed by atoms with E-state index < -0.39 is 0 Å². The highest BCUT2D eigenvalue weighted by Gasteiger charge is 2.34. The van der Waals surface area contributed by atoms with Crippen LogP contribution < -0.4 is 9.80 Å². The lowest BCUT2D eigenvalue weighted by Crippen LogP contribution is -2.29. The zero-order valence-corrected chi connectivity index (χ0v) is 17.1. The zero-order chi connectivity index (χ0) is 18.7. The monoisotopic (exact) mass is 378 g/mol. The van der Waals surface area contributed by atoms with Gasteiger partial charge in [0.25, 0.3) is 0 Å². The number of aliphatic hydroxyl groups excluding tert-OH is 1. The van der Waals surface area contributed by atoms with Crippen molar-refractivity contribution < 1.29 is 9.50 Å². The Morgan fingerprint density at radius 1 is 1.15 bits per heavy atom. The maximum Gasteiger partial charge on any atom is 0.147 e. The van der Waals surface area contributed by atoms with Crippen LogP contribution in [0.2, 0.25) is 0 Å². The molecule has 3 aliphatic heterocycles. The van der Waals surface area contributed by atoms with Crippen molar-refractivity contribution in [1.82, 2.24) is 0 Å². The van der Waals surface area contributed by atoms with Gasteiger partial charge in [0.1, 0.15) is 5.82 Å². The lowest BCUT2D eigenvalue weighted by molar-refractivity contribution is 0.327. The van der Waals surface area contributed by atoms with E-state index in [1.807, 2.05) is 25.6 Å². The Kier molecular flexibility index (Phi) is 6.51. The summed E-state index contributed by atoms with van der Waals surface area (Å²) in [5, 5.41) is 10.9.